The maximum Gasteiger partial charge on any atom is 0.254 e. The molecule has 7 heteroatoms. The lowest BCUT2D eigenvalue weighted by Gasteiger charge is -2.16. The van der Waals surface area contributed by atoms with E-state index in [1.54, 1.807) is 11.1 Å². The first-order chi connectivity index (χ1) is 12.0. The molecule has 3 aromatic rings. The molecule has 128 valence electrons. The Labute approximate surface area is 142 Å². The van der Waals surface area contributed by atoms with Gasteiger partial charge in [0.15, 0.2) is 5.65 Å². The van der Waals surface area contributed by atoms with Gasteiger partial charge in [-0.1, -0.05) is 0 Å². The Morgan fingerprint density at radius 2 is 2.00 bits per heavy atom. The van der Waals surface area contributed by atoms with Crippen molar-refractivity contribution < 1.29 is 13.6 Å². The normalized spacial score (nSPS) is 17.4. The molecule has 1 amide bonds. The Hall–Kier alpha value is -2.83. The van der Waals surface area contributed by atoms with E-state index >= 15 is 0 Å². The number of hydrogen-bond acceptors (Lipinski definition) is 3. The molecule has 1 aliphatic heterocycles. The molecule has 1 aliphatic rings. The van der Waals surface area contributed by atoms with Gasteiger partial charge < -0.3 is 9.47 Å². The monoisotopic (exact) mass is 342 g/mol. The summed E-state index contributed by atoms with van der Waals surface area (Å²) in [6.45, 7) is 0.992. The minimum atomic E-state index is -0.750. The quantitative estimate of drug-likeness (QED) is 0.720. The van der Waals surface area contributed by atoms with E-state index in [2.05, 4.69) is 9.97 Å². The third-order valence-electron chi connectivity index (χ3n) is 4.61. The van der Waals surface area contributed by atoms with Crippen LogP contribution in [0.4, 0.5) is 8.78 Å². The number of carbonyl (C=O) groups is 1. The van der Waals surface area contributed by atoms with Crippen LogP contribution in [0.3, 0.4) is 0 Å². The summed E-state index contributed by atoms with van der Waals surface area (Å²) < 4.78 is 28.7. The van der Waals surface area contributed by atoms with Gasteiger partial charge in [0.05, 0.1) is 0 Å². The van der Waals surface area contributed by atoms with Gasteiger partial charge in [-0.05, 0) is 30.7 Å². The maximum absolute atomic E-state index is 13.4. The number of nitrogens with zero attached hydrogens (tertiary/aromatic N) is 4. The van der Waals surface area contributed by atoms with Crippen molar-refractivity contribution in [1.82, 2.24) is 19.4 Å². The van der Waals surface area contributed by atoms with E-state index in [0.29, 0.717) is 13.1 Å². The molecule has 1 unspecified atom stereocenters. The van der Waals surface area contributed by atoms with Crippen LogP contribution in [0.1, 0.15) is 28.5 Å². The Morgan fingerprint density at radius 1 is 1.24 bits per heavy atom. The number of imidazole rings is 1. The summed E-state index contributed by atoms with van der Waals surface area (Å²) in [5.41, 5.74) is 1.65. The Kier molecular flexibility index (Phi) is 3.71. The molecule has 4 rings (SSSR count). The lowest BCUT2D eigenvalue weighted by Crippen LogP contribution is -2.29. The van der Waals surface area contributed by atoms with Gasteiger partial charge in [0.25, 0.3) is 5.91 Å². The smallest absolute Gasteiger partial charge is 0.254 e. The van der Waals surface area contributed by atoms with Gasteiger partial charge in [-0.15, -0.1) is 0 Å². The highest BCUT2D eigenvalue weighted by Crippen LogP contribution is 2.29. The van der Waals surface area contributed by atoms with Crippen molar-refractivity contribution in [3.63, 3.8) is 0 Å². The highest BCUT2D eigenvalue weighted by molar-refractivity contribution is 5.94. The molecular weight excluding hydrogens is 326 g/mol. The average molecular weight is 342 g/mol. The summed E-state index contributed by atoms with van der Waals surface area (Å²) in [7, 11) is 1.91. The van der Waals surface area contributed by atoms with Gasteiger partial charge in [-0.25, -0.2) is 18.7 Å². The van der Waals surface area contributed by atoms with E-state index in [9.17, 15) is 13.6 Å². The number of amides is 1. The van der Waals surface area contributed by atoms with Crippen molar-refractivity contribution in [2.75, 3.05) is 13.1 Å². The predicted molar refractivity (Wildman–Crippen MR) is 88.1 cm³/mol. The van der Waals surface area contributed by atoms with Crippen molar-refractivity contribution >= 4 is 17.1 Å². The van der Waals surface area contributed by atoms with Crippen molar-refractivity contribution in [3.8, 4) is 0 Å². The van der Waals surface area contributed by atoms with Crippen LogP contribution in [0, 0.1) is 11.6 Å². The molecule has 0 N–H and O–H groups in total. The number of pyridine rings is 1. The molecule has 1 saturated heterocycles. The molecule has 0 saturated carbocycles. The number of aryl methyl sites for hydroxylation is 1. The van der Waals surface area contributed by atoms with Crippen LogP contribution in [-0.2, 0) is 7.05 Å². The van der Waals surface area contributed by atoms with Gasteiger partial charge in [-0.3, -0.25) is 4.79 Å². The van der Waals surface area contributed by atoms with Crippen LogP contribution in [0.25, 0.3) is 11.2 Å². The first kappa shape index (κ1) is 15.7. The summed E-state index contributed by atoms with van der Waals surface area (Å²) in [6, 6.07) is 6.63. The molecule has 2 aromatic heterocycles. The second-order valence-electron chi connectivity index (χ2n) is 6.27. The number of halogens is 2. The van der Waals surface area contributed by atoms with Crippen molar-refractivity contribution in [1.29, 1.82) is 0 Å². The standard InChI is InChI=1S/C18H16F2N4O/c1-23-16(22-15-3-2-5-21-17(15)23)11-4-6-24(10-11)18(25)12-7-13(19)9-14(20)8-12/h2-3,5,7-9,11H,4,6,10H2,1H3. The van der Waals surface area contributed by atoms with Crippen LogP contribution in [0.5, 0.6) is 0 Å². The van der Waals surface area contributed by atoms with E-state index in [4.69, 9.17) is 0 Å². The lowest BCUT2D eigenvalue weighted by molar-refractivity contribution is 0.0789. The number of aromatic nitrogens is 3. The third-order valence-corrected chi connectivity index (χ3v) is 4.61. The van der Waals surface area contributed by atoms with E-state index in [0.717, 1.165) is 41.6 Å². The number of benzene rings is 1. The van der Waals surface area contributed by atoms with Gasteiger partial charge >= 0.3 is 0 Å². The molecule has 1 fully saturated rings. The molecule has 0 aliphatic carbocycles. The van der Waals surface area contributed by atoms with Crippen LogP contribution in [0.15, 0.2) is 36.5 Å². The molecule has 0 radical (unpaired) electrons. The summed E-state index contributed by atoms with van der Waals surface area (Å²) >= 11 is 0. The zero-order valence-corrected chi connectivity index (χ0v) is 13.6. The zero-order valence-electron chi connectivity index (χ0n) is 13.6. The Morgan fingerprint density at radius 3 is 2.72 bits per heavy atom. The molecule has 1 atom stereocenters. The van der Waals surface area contributed by atoms with Gasteiger partial charge in [0, 0.05) is 43.9 Å². The molecule has 0 spiro atoms. The Bertz CT molecular complexity index is 949. The number of carbonyl (C=O) groups excluding carboxylic acids is 1. The van der Waals surface area contributed by atoms with Crippen LogP contribution < -0.4 is 0 Å². The SMILES string of the molecule is Cn1c(C2CCN(C(=O)c3cc(F)cc(F)c3)C2)nc2cccnc21. The Balaban J connectivity index is 1.58. The summed E-state index contributed by atoms with van der Waals surface area (Å²) in [6.07, 6.45) is 2.47. The van der Waals surface area contributed by atoms with E-state index in [1.807, 2.05) is 23.7 Å². The van der Waals surface area contributed by atoms with Crippen molar-refractivity contribution in [2.24, 2.45) is 7.05 Å². The van der Waals surface area contributed by atoms with Gasteiger partial charge in [0.2, 0.25) is 0 Å². The van der Waals surface area contributed by atoms with Crippen LogP contribution in [0.2, 0.25) is 0 Å². The highest BCUT2D eigenvalue weighted by atomic mass is 19.1. The molecule has 0 bridgehead atoms. The van der Waals surface area contributed by atoms with E-state index in [-0.39, 0.29) is 17.4 Å². The molecule has 3 heterocycles. The molecule has 5 nitrogen and oxygen atoms in total. The number of rotatable bonds is 2. The largest absolute Gasteiger partial charge is 0.338 e. The topological polar surface area (TPSA) is 51.0 Å². The fourth-order valence-electron chi connectivity index (χ4n) is 3.42. The van der Waals surface area contributed by atoms with Crippen LogP contribution >= 0.6 is 0 Å². The van der Waals surface area contributed by atoms with E-state index in [1.165, 1.54) is 0 Å². The van der Waals surface area contributed by atoms with Crippen molar-refractivity contribution in [2.45, 2.75) is 12.3 Å². The minimum absolute atomic E-state index is 0.0322. The van der Waals surface area contributed by atoms with Gasteiger partial charge in [-0.2, -0.15) is 0 Å². The van der Waals surface area contributed by atoms with Crippen molar-refractivity contribution in [3.05, 3.63) is 59.6 Å². The fraction of sp³-hybridized carbons (Fsp3) is 0.278. The first-order valence-electron chi connectivity index (χ1n) is 8.05. The summed E-state index contributed by atoms with van der Waals surface area (Å²) in [5, 5.41) is 0. The zero-order chi connectivity index (χ0) is 17.6. The second kappa shape index (κ2) is 5.91. The first-order valence-corrected chi connectivity index (χ1v) is 8.05. The van der Waals surface area contributed by atoms with E-state index < -0.39 is 11.6 Å². The second-order valence-corrected chi connectivity index (χ2v) is 6.27. The molecule has 25 heavy (non-hydrogen) atoms. The summed E-state index contributed by atoms with van der Waals surface area (Å²) in [4.78, 5) is 23.1. The number of fused-ring (bicyclic) bond motifs is 1. The maximum atomic E-state index is 13.4. The minimum Gasteiger partial charge on any atom is -0.338 e. The van der Waals surface area contributed by atoms with Crippen LogP contribution in [-0.4, -0.2) is 38.4 Å². The molecular formula is C18H16F2N4O. The summed E-state index contributed by atoms with van der Waals surface area (Å²) in [5.74, 6) is -0.921. The molecule has 1 aromatic carbocycles. The number of hydrogen-bond donors (Lipinski definition) is 0. The third kappa shape index (κ3) is 2.75. The fourth-order valence-corrected chi connectivity index (χ4v) is 3.42. The highest BCUT2D eigenvalue weighted by Gasteiger charge is 2.31. The lowest BCUT2D eigenvalue weighted by atomic mass is 10.1. The predicted octanol–water partition coefficient (Wildman–Crippen LogP) is 2.88. The number of likely N-dealkylation sites (tertiary alicyclic amines) is 1. The van der Waals surface area contributed by atoms with Gasteiger partial charge in [0.1, 0.15) is 23.0 Å². The average Bonchev–Trinajstić information content (AvgIpc) is 3.19.